The van der Waals surface area contributed by atoms with Crippen LogP contribution in [0.3, 0.4) is 0 Å². The van der Waals surface area contributed by atoms with Crippen molar-refractivity contribution >= 4 is 137 Å². The molecular formula is C32H22I2N6O4S5. The molecule has 0 saturated heterocycles. The van der Waals surface area contributed by atoms with Gasteiger partial charge in [0.15, 0.2) is 7.91 Å². The summed E-state index contributed by atoms with van der Waals surface area (Å²) in [5.41, 5.74) is 14.9. The Morgan fingerprint density at radius 2 is 0.918 bits per heavy atom. The van der Waals surface area contributed by atoms with Crippen LogP contribution < -0.4 is 22.1 Å². The highest BCUT2D eigenvalue weighted by molar-refractivity contribution is 14.1. The molecule has 17 heteroatoms. The van der Waals surface area contributed by atoms with Gasteiger partial charge in [0.1, 0.15) is 21.4 Å². The number of sulfone groups is 1. The van der Waals surface area contributed by atoms with Crippen LogP contribution in [-0.4, -0.2) is 29.4 Å². The van der Waals surface area contributed by atoms with E-state index < -0.39 is 21.7 Å². The van der Waals surface area contributed by atoms with E-state index in [2.05, 4.69) is 55.8 Å². The second-order valence-corrected chi connectivity index (χ2v) is 18.0. The summed E-state index contributed by atoms with van der Waals surface area (Å²) in [6.45, 7) is 0. The van der Waals surface area contributed by atoms with E-state index in [9.17, 15) is 18.0 Å². The van der Waals surface area contributed by atoms with Crippen LogP contribution in [0.2, 0.25) is 0 Å². The van der Waals surface area contributed by atoms with E-state index in [1.54, 1.807) is 9.13 Å². The number of benzene rings is 4. The zero-order valence-electron chi connectivity index (χ0n) is 24.7. The topological polar surface area (TPSA) is 154 Å². The molecular weight excluding hydrogens is 947 g/mol. The van der Waals surface area contributed by atoms with Crippen LogP contribution in [0.15, 0.2) is 107 Å². The molecule has 6 N–H and O–H groups in total. The number of nitrogens with two attached hydrogens (primary N) is 2. The molecule has 0 spiro atoms. The van der Waals surface area contributed by atoms with E-state index >= 15 is 0 Å². The number of thiazole rings is 2. The number of amides is 2. The summed E-state index contributed by atoms with van der Waals surface area (Å²) in [6.07, 6.45) is 0. The van der Waals surface area contributed by atoms with E-state index in [1.165, 1.54) is 48.5 Å². The summed E-state index contributed by atoms with van der Waals surface area (Å²) in [5.74, 6) is -0.516. The number of hydrogen-bond acceptors (Lipinski definition) is 10. The minimum Gasteiger partial charge on any atom is -0.383 e. The van der Waals surface area contributed by atoms with Crippen molar-refractivity contribution in [2.24, 2.45) is 0 Å². The van der Waals surface area contributed by atoms with E-state index in [0.29, 0.717) is 19.3 Å². The molecule has 6 aromatic rings. The van der Waals surface area contributed by atoms with E-state index in [4.69, 9.17) is 35.9 Å². The van der Waals surface area contributed by atoms with Crippen molar-refractivity contribution in [2.75, 3.05) is 22.1 Å². The maximum absolute atomic E-state index is 13.4. The third-order valence-corrected chi connectivity index (χ3v) is 13.1. The average Bonchev–Trinajstić information content (AvgIpc) is 3.55. The summed E-state index contributed by atoms with van der Waals surface area (Å²) in [4.78, 5) is 26.7. The number of carbonyl (C=O) groups is 2. The van der Waals surface area contributed by atoms with Crippen LogP contribution in [0.5, 0.6) is 0 Å². The summed E-state index contributed by atoms with van der Waals surface area (Å²) in [7, 11) is -3.92. The van der Waals surface area contributed by atoms with Crippen molar-refractivity contribution in [3.05, 3.63) is 122 Å². The highest BCUT2D eigenvalue weighted by Crippen LogP contribution is 2.30. The van der Waals surface area contributed by atoms with Gasteiger partial charge in [-0.3, -0.25) is 18.7 Å². The Labute approximate surface area is 326 Å². The van der Waals surface area contributed by atoms with Gasteiger partial charge in [-0.2, -0.15) is 0 Å². The van der Waals surface area contributed by atoms with Gasteiger partial charge in [0.2, 0.25) is 9.84 Å². The Hall–Kier alpha value is -3.47. The lowest BCUT2D eigenvalue weighted by molar-refractivity contribution is 0.102. The molecule has 0 aliphatic carbocycles. The quantitative estimate of drug-likeness (QED) is 0.0875. The molecule has 4 aromatic carbocycles. The van der Waals surface area contributed by atoms with Gasteiger partial charge in [-0.05, 0) is 167 Å². The predicted octanol–water partition coefficient (Wildman–Crippen LogP) is 8.56. The van der Waals surface area contributed by atoms with E-state index in [0.717, 1.165) is 41.2 Å². The summed E-state index contributed by atoms with van der Waals surface area (Å²) in [6, 6.07) is 26.7. The lowest BCUT2D eigenvalue weighted by atomic mass is 10.3. The Kier molecular flexibility index (Phi) is 10.4. The lowest BCUT2D eigenvalue weighted by Crippen LogP contribution is -2.14. The van der Waals surface area contributed by atoms with Crippen molar-refractivity contribution in [1.29, 1.82) is 0 Å². The second kappa shape index (κ2) is 14.4. The number of hydrogen-bond donors (Lipinski definition) is 4. The van der Waals surface area contributed by atoms with Crippen LogP contribution in [-0.2, 0) is 9.84 Å². The number of anilines is 4. The summed E-state index contributed by atoms with van der Waals surface area (Å²) >= 11 is 17.5. The predicted molar refractivity (Wildman–Crippen MR) is 217 cm³/mol. The van der Waals surface area contributed by atoms with Gasteiger partial charge >= 0.3 is 0 Å². The molecule has 2 aromatic heterocycles. The molecule has 0 aliphatic rings. The average molecular weight is 969 g/mol. The standard InChI is InChI=1S/C32H22I2N6O4S5/c33-17-1-9-21(10-2-17)39-27(35)25(47-31(39)45)29(41)37-19-5-13-23(14-6-19)49(43,44)24-15-7-20(8-16-24)38-30(42)26-28(36)40(32(46)48-26)22-11-3-18(34)4-12-22/h1-16H,35-36H2,(H,37,41)(H,38,42). The molecule has 248 valence electrons. The van der Waals surface area contributed by atoms with Crippen molar-refractivity contribution in [3.8, 4) is 11.4 Å². The van der Waals surface area contributed by atoms with Gasteiger partial charge in [-0.25, -0.2) is 8.42 Å². The highest BCUT2D eigenvalue weighted by atomic mass is 127. The number of halogens is 2. The van der Waals surface area contributed by atoms with Gasteiger partial charge in [0.25, 0.3) is 11.8 Å². The number of rotatable bonds is 8. The molecule has 6 rings (SSSR count). The number of carbonyl (C=O) groups excluding carboxylic acids is 2. The molecule has 0 bridgehead atoms. The Morgan fingerprint density at radius 3 is 1.24 bits per heavy atom. The first kappa shape index (κ1) is 35.4. The Bertz CT molecular complexity index is 2290. The molecule has 49 heavy (non-hydrogen) atoms. The van der Waals surface area contributed by atoms with Crippen molar-refractivity contribution < 1.29 is 18.0 Å². The Morgan fingerprint density at radius 1 is 0.592 bits per heavy atom. The summed E-state index contributed by atoms with van der Waals surface area (Å²) < 4.78 is 33.0. The molecule has 0 unspecified atom stereocenters. The summed E-state index contributed by atoms with van der Waals surface area (Å²) in [5, 5.41) is 5.51. The fourth-order valence-corrected chi connectivity index (χ4v) is 9.22. The Balaban J connectivity index is 1.13. The normalized spacial score (nSPS) is 11.3. The van der Waals surface area contributed by atoms with Crippen LogP contribution in [0.25, 0.3) is 11.4 Å². The third-order valence-electron chi connectivity index (χ3n) is 7.12. The zero-order valence-corrected chi connectivity index (χ0v) is 33.1. The van der Waals surface area contributed by atoms with Crippen LogP contribution in [0.1, 0.15) is 19.3 Å². The highest BCUT2D eigenvalue weighted by Gasteiger charge is 2.22. The molecule has 2 heterocycles. The molecule has 0 saturated carbocycles. The van der Waals surface area contributed by atoms with Crippen molar-refractivity contribution in [2.45, 2.75) is 9.79 Å². The van der Waals surface area contributed by atoms with Gasteiger partial charge in [-0.15, -0.1) is 0 Å². The first-order chi connectivity index (χ1) is 23.3. The van der Waals surface area contributed by atoms with Gasteiger partial charge in [-0.1, -0.05) is 22.7 Å². The number of aromatic nitrogens is 2. The minimum atomic E-state index is -3.92. The van der Waals surface area contributed by atoms with E-state index in [1.807, 2.05) is 48.5 Å². The second-order valence-electron chi connectivity index (χ2n) is 10.2. The van der Waals surface area contributed by atoms with Crippen molar-refractivity contribution in [3.63, 3.8) is 0 Å². The first-order valence-electron chi connectivity index (χ1n) is 14.0. The molecule has 0 radical (unpaired) electrons. The SMILES string of the molecule is Nc1c(C(=O)Nc2ccc(S(=O)(=O)c3ccc(NC(=O)c4sc(=S)n(-c5ccc(I)cc5)c4N)cc3)cc2)sc(=S)n1-c1ccc(I)cc1. The van der Waals surface area contributed by atoms with Crippen molar-refractivity contribution in [1.82, 2.24) is 9.13 Å². The van der Waals surface area contributed by atoms with Gasteiger partial charge < -0.3 is 22.1 Å². The molecule has 10 nitrogen and oxygen atoms in total. The minimum absolute atomic E-state index is 0.0202. The molecule has 0 aliphatic heterocycles. The first-order valence-corrected chi connectivity index (χ1v) is 20.0. The van der Waals surface area contributed by atoms with Gasteiger partial charge in [0.05, 0.1) is 9.79 Å². The largest absolute Gasteiger partial charge is 0.383 e. The maximum Gasteiger partial charge on any atom is 0.269 e. The fraction of sp³-hybridized carbons (Fsp3) is 0. The van der Waals surface area contributed by atoms with Gasteiger partial charge in [0, 0.05) is 29.9 Å². The van der Waals surface area contributed by atoms with Crippen LogP contribution in [0.4, 0.5) is 23.0 Å². The van der Waals surface area contributed by atoms with E-state index in [-0.39, 0.29) is 31.2 Å². The smallest absolute Gasteiger partial charge is 0.269 e. The molecule has 2 amide bonds. The molecule has 0 fully saturated rings. The van der Waals surface area contributed by atoms with Crippen LogP contribution in [0, 0.1) is 15.0 Å². The lowest BCUT2D eigenvalue weighted by Gasteiger charge is -2.10. The zero-order chi connectivity index (χ0) is 35.0. The molecule has 0 atom stereocenters. The maximum atomic E-state index is 13.4. The fourth-order valence-electron chi connectivity index (χ4n) is 4.71. The number of nitrogens with one attached hydrogen (secondary N) is 2. The monoisotopic (exact) mass is 968 g/mol. The van der Waals surface area contributed by atoms with Crippen LogP contribution >= 0.6 is 92.3 Å². The number of nitrogens with zero attached hydrogens (tertiary/aromatic N) is 2. The number of nitrogen functional groups attached to an aromatic ring is 2. The third kappa shape index (κ3) is 7.37.